The molecule has 2 aromatic rings. The Morgan fingerprint density at radius 1 is 1.20 bits per heavy atom. The number of carbonyl (C=O) groups excluding carboxylic acids is 1. The van der Waals surface area contributed by atoms with Crippen LogP contribution in [0.15, 0.2) is 36.4 Å². The van der Waals surface area contributed by atoms with Crippen LogP contribution in [0.2, 0.25) is 0 Å². The summed E-state index contributed by atoms with van der Waals surface area (Å²) >= 11 is 0. The van der Waals surface area contributed by atoms with Gasteiger partial charge >= 0.3 is 0 Å². The summed E-state index contributed by atoms with van der Waals surface area (Å²) in [6.07, 6.45) is 0.827. The number of carbonyl (C=O) groups is 1. The first-order valence-corrected chi connectivity index (χ1v) is 6.77. The Balaban J connectivity index is 2.37. The fraction of sp³-hybridized carbons (Fsp3) is 0.294. The summed E-state index contributed by atoms with van der Waals surface area (Å²) in [5.74, 6) is 1.29. The molecule has 1 heterocycles. The molecule has 1 aromatic carbocycles. The Morgan fingerprint density at radius 2 is 1.95 bits per heavy atom. The van der Waals surface area contributed by atoms with Gasteiger partial charge in [-0.3, -0.25) is 9.78 Å². The van der Waals surface area contributed by atoms with E-state index in [9.17, 15) is 4.79 Å². The van der Waals surface area contributed by atoms with Gasteiger partial charge in [-0.15, -0.1) is 0 Å². The van der Waals surface area contributed by atoms with Crippen LogP contribution in [0, 0.1) is 12.8 Å². The van der Waals surface area contributed by atoms with E-state index in [1.54, 1.807) is 6.07 Å². The van der Waals surface area contributed by atoms with E-state index in [0.717, 1.165) is 29.0 Å². The number of para-hydroxylation sites is 1. The van der Waals surface area contributed by atoms with Gasteiger partial charge in [-0.05, 0) is 37.1 Å². The fourth-order valence-corrected chi connectivity index (χ4v) is 1.91. The standard InChI is InChI=1S/C17H19NO2/c1-12(2)11-20-17-7-5-4-6-15(17)16-9-8-14(10-19)13(3)18-16/h4-10,12H,11H2,1-3H3. The van der Waals surface area contributed by atoms with Gasteiger partial charge in [0.15, 0.2) is 6.29 Å². The molecule has 0 spiro atoms. The summed E-state index contributed by atoms with van der Waals surface area (Å²) in [6, 6.07) is 11.5. The maximum Gasteiger partial charge on any atom is 0.151 e. The second kappa shape index (κ2) is 6.33. The Hall–Kier alpha value is -2.16. The van der Waals surface area contributed by atoms with Crippen LogP contribution in [-0.4, -0.2) is 17.9 Å². The van der Waals surface area contributed by atoms with E-state index in [2.05, 4.69) is 18.8 Å². The molecule has 0 bridgehead atoms. The van der Waals surface area contributed by atoms with Gasteiger partial charge in [-0.1, -0.05) is 26.0 Å². The molecule has 3 nitrogen and oxygen atoms in total. The number of hydrogen-bond acceptors (Lipinski definition) is 3. The van der Waals surface area contributed by atoms with Crippen molar-refractivity contribution in [1.29, 1.82) is 0 Å². The molecule has 104 valence electrons. The average molecular weight is 269 g/mol. The topological polar surface area (TPSA) is 39.2 Å². The zero-order valence-corrected chi connectivity index (χ0v) is 12.1. The highest BCUT2D eigenvalue weighted by Gasteiger charge is 2.09. The third-order valence-electron chi connectivity index (χ3n) is 2.99. The lowest BCUT2D eigenvalue weighted by Gasteiger charge is -2.13. The lowest BCUT2D eigenvalue weighted by molar-refractivity contribution is 0.112. The molecule has 20 heavy (non-hydrogen) atoms. The second-order valence-electron chi connectivity index (χ2n) is 5.19. The maximum absolute atomic E-state index is 10.9. The molecule has 1 aromatic heterocycles. The number of pyridine rings is 1. The van der Waals surface area contributed by atoms with Crippen LogP contribution in [0.3, 0.4) is 0 Å². The largest absolute Gasteiger partial charge is 0.493 e. The van der Waals surface area contributed by atoms with Crippen LogP contribution in [0.25, 0.3) is 11.3 Å². The molecular formula is C17H19NO2. The molecule has 0 atom stereocenters. The Morgan fingerprint density at radius 3 is 2.60 bits per heavy atom. The number of nitrogens with zero attached hydrogens (tertiary/aromatic N) is 1. The van der Waals surface area contributed by atoms with Gasteiger partial charge in [-0.2, -0.15) is 0 Å². The summed E-state index contributed by atoms with van der Waals surface area (Å²) in [5.41, 5.74) is 3.13. The van der Waals surface area contributed by atoms with Crippen LogP contribution < -0.4 is 4.74 Å². The van der Waals surface area contributed by atoms with Crippen molar-refractivity contribution < 1.29 is 9.53 Å². The monoisotopic (exact) mass is 269 g/mol. The molecule has 0 aliphatic rings. The van der Waals surface area contributed by atoms with E-state index in [1.165, 1.54) is 0 Å². The summed E-state index contributed by atoms with van der Waals surface area (Å²) in [7, 11) is 0. The first-order chi connectivity index (χ1) is 9.61. The molecule has 0 N–H and O–H groups in total. The average Bonchev–Trinajstić information content (AvgIpc) is 2.45. The first-order valence-electron chi connectivity index (χ1n) is 6.77. The second-order valence-corrected chi connectivity index (χ2v) is 5.19. The van der Waals surface area contributed by atoms with Crippen molar-refractivity contribution in [2.75, 3.05) is 6.61 Å². The normalized spacial score (nSPS) is 10.6. The van der Waals surface area contributed by atoms with E-state index < -0.39 is 0 Å². The predicted octanol–water partition coefficient (Wildman–Crippen LogP) is 3.90. The number of benzene rings is 1. The number of ether oxygens (including phenoxy) is 1. The number of aldehydes is 1. The van der Waals surface area contributed by atoms with E-state index in [1.807, 2.05) is 37.3 Å². The van der Waals surface area contributed by atoms with Gasteiger partial charge < -0.3 is 4.74 Å². The highest BCUT2D eigenvalue weighted by molar-refractivity contribution is 5.78. The minimum atomic E-state index is 0.468. The van der Waals surface area contributed by atoms with Gasteiger partial charge in [0.05, 0.1) is 12.3 Å². The summed E-state index contributed by atoms with van der Waals surface area (Å²) in [6.45, 7) is 6.74. The third kappa shape index (κ3) is 3.23. The van der Waals surface area contributed by atoms with Crippen LogP contribution in [0.5, 0.6) is 5.75 Å². The lowest BCUT2D eigenvalue weighted by Crippen LogP contribution is -2.05. The van der Waals surface area contributed by atoms with E-state index in [-0.39, 0.29) is 0 Å². The van der Waals surface area contributed by atoms with Crippen molar-refractivity contribution in [2.24, 2.45) is 5.92 Å². The number of rotatable bonds is 5. The van der Waals surface area contributed by atoms with Gasteiger partial charge in [0.1, 0.15) is 5.75 Å². The van der Waals surface area contributed by atoms with Crippen molar-refractivity contribution >= 4 is 6.29 Å². The molecule has 0 amide bonds. The first kappa shape index (κ1) is 14.3. The molecule has 3 heteroatoms. The van der Waals surface area contributed by atoms with Crippen LogP contribution in [0.1, 0.15) is 29.9 Å². The van der Waals surface area contributed by atoms with Crippen LogP contribution >= 0.6 is 0 Å². The highest BCUT2D eigenvalue weighted by Crippen LogP contribution is 2.29. The predicted molar refractivity (Wildman–Crippen MR) is 80.1 cm³/mol. The highest BCUT2D eigenvalue weighted by atomic mass is 16.5. The molecule has 0 saturated carbocycles. The van der Waals surface area contributed by atoms with Crippen LogP contribution in [0.4, 0.5) is 0 Å². The molecule has 0 aliphatic carbocycles. The van der Waals surface area contributed by atoms with Crippen molar-refractivity contribution in [3.63, 3.8) is 0 Å². The summed E-state index contributed by atoms with van der Waals surface area (Å²) in [5, 5.41) is 0. The molecule has 2 rings (SSSR count). The van der Waals surface area contributed by atoms with E-state index in [0.29, 0.717) is 18.1 Å². The Bertz CT molecular complexity index is 606. The maximum atomic E-state index is 10.9. The van der Waals surface area contributed by atoms with Crippen molar-refractivity contribution in [1.82, 2.24) is 4.98 Å². The molecule has 0 radical (unpaired) electrons. The smallest absolute Gasteiger partial charge is 0.151 e. The SMILES string of the molecule is Cc1nc(-c2ccccc2OCC(C)C)ccc1C=O. The van der Waals surface area contributed by atoms with E-state index in [4.69, 9.17) is 4.74 Å². The van der Waals surface area contributed by atoms with Crippen molar-refractivity contribution in [3.05, 3.63) is 47.7 Å². The van der Waals surface area contributed by atoms with Crippen molar-refractivity contribution in [3.8, 4) is 17.0 Å². The number of aryl methyl sites for hydroxylation is 1. The quantitative estimate of drug-likeness (QED) is 0.773. The van der Waals surface area contributed by atoms with Gasteiger partial charge in [0.2, 0.25) is 0 Å². The molecule has 0 aliphatic heterocycles. The number of aromatic nitrogens is 1. The Labute approximate surface area is 119 Å². The number of hydrogen-bond donors (Lipinski definition) is 0. The molecule has 0 unspecified atom stereocenters. The molecule has 0 fully saturated rings. The van der Waals surface area contributed by atoms with Crippen LogP contribution in [-0.2, 0) is 0 Å². The minimum absolute atomic E-state index is 0.468. The third-order valence-corrected chi connectivity index (χ3v) is 2.99. The van der Waals surface area contributed by atoms with Gasteiger partial charge in [0.25, 0.3) is 0 Å². The van der Waals surface area contributed by atoms with Gasteiger partial charge in [-0.25, -0.2) is 0 Å². The molecular weight excluding hydrogens is 250 g/mol. The zero-order valence-electron chi connectivity index (χ0n) is 12.1. The summed E-state index contributed by atoms with van der Waals surface area (Å²) < 4.78 is 5.84. The van der Waals surface area contributed by atoms with E-state index >= 15 is 0 Å². The molecule has 0 saturated heterocycles. The summed E-state index contributed by atoms with van der Waals surface area (Å²) in [4.78, 5) is 15.3. The fourth-order valence-electron chi connectivity index (χ4n) is 1.91. The lowest BCUT2D eigenvalue weighted by atomic mass is 10.1. The minimum Gasteiger partial charge on any atom is -0.493 e. The zero-order chi connectivity index (χ0) is 14.5. The van der Waals surface area contributed by atoms with Gasteiger partial charge in [0, 0.05) is 16.8 Å². The van der Waals surface area contributed by atoms with Crippen molar-refractivity contribution in [2.45, 2.75) is 20.8 Å². The Kier molecular flexibility index (Phi) is 4.51.